The van der Waals surface area contributed by atoms with Gasteiger partial charge in [0.2, 0.25) is 5.91 Å². The second-order valence-corrected chi connectivity index (χ2v) is 6.37. The van der Waals surface area contributed by atoms with Crippen molar-refractivity contribution in [1.29, 1.82) is 0 Å². The second kappa shape index (κ2) is 8.34. The first kappa shape index (κ1) is 17.8. The van der Waals surface area contributed by atoms with Crippen LogP contribution >= 0.6 is 11.8 Å². The van der Waals surface area contributed by atoms with Crippen LogP contribution in [0.3, 0.4) is 0 Å². The summed E-state index contributed by atoms with van der Waals surface area (Å²) in [5.41, 5.74) is 0.506. The molecule has 128 valence electrons. The minimum absolute atomic E-state index is 0.136. The maximum atomic E-state index is 12.1. The number of hydrogen-bond donors (Lipinski definition) is 2. The van der Waals surface area contributed by atoms with Gasteiger partial charge in [-0.05, 0) is 31.2 Å². The molecule has 0 saturated carbocycles. The van der Waals surface area contributed by atoms with Crippen LogP contribution in [-0.2, 0) is 22.7 Å². The van der Waals surface area contributed by atoms with E-state index in [0.29, 0.717) is 5.69 Å². The van der Waals surface area contributed by atoms with Gasteiger partial charge in [0.1, 0.15) is 18.0 Å². The van der Waals surface area contributed by atoms with Gasteiger partial charge < -0.3 is 15.2 Å². The molecule has 0 aliphatic rings. The number of carboxylic acid groups (broad SMARTS) is 1. The molecule has 2 aromatic rings. The molecule has 0 aliphatic carbocycles. The fraction of sp³-hybridized carbons (Fsp3) is 0.333. The van der Waals surface area contributed by atoms with Crippen molar-refractivity contribution in [2.75, 3.05) is 7.11 Å². The summed E-state index contributed by atoms with van der Waals surface area (Å²) < 4.78 is 6.30. The highest BCUT2D eigenvalue weighted by molar-refractivity contribution is 8.00. The van der Waals surface area contributed by atoms with Gasteiger partial charge in [-0.25, -0.2) is 4.68 Å². The number of carbonyl (C=O) groups excluding carboxylic acids is 1. The Morgan fingerprint density at radius 1 is 1.38 bits per heavy atom. The van der Waals surface area contributed by atoms with Crippen LogP contribution in [0.15, 0.2) is 35.4 Å². The molecule has 0 aliphatic heterocycles. The van der Waals surface area contributed by atoms with Gasteiger partial charge in [-0.2, -0.15) is 0 Å². The zero-order valence-corrected chi connectivity index (χ0v) is 14.1. The summed E-state index contributed by atoms with van der Waals surface area (Å²) in [6, 6.07) is 7.47. The Kier molecular flexibility index (Phi) is 6.19. The van der Waals surface area contributed by atoms with E-state index in [4.69, 9.17) is 9.84 Å². The van der Waals surface area contributed by atoms with Gasteiger partial charge in [0.25, 0.3) is 0 Å². The minimum atomic E-state index is -1.00. The van der Waals surface area contributed by atoms with E-state index < -0.39 is 5.97 Å². The normalized spacial score (nSPS) is 11.8. The predicted molar refractivity (Wildman–Crippen MR) is 87.8 cm³/mol. The number of carboxylic acids is 1. The molecule has 1 heterocycles. The highest BCUT2D eigenvalue weighted by atomic mass is 32.2. The smallest absolute Gasteiger partial charge is 0.325 e. The van der Waals surface area contributed by atoms with E-state index in [2.05, 4.69) is 15.6 Å². The lowest BCUT2D eigenvalue weighted by molar-refractivity contribution is -0.138. The molecule has 9 heteroatoms. The topological polar surface area (TPSA) is 106 Å². The summed E-state index contributed by atoms with van der Waals surface area (Å²) in [7, 11) is 1.60. The first-order valence-electron chi connectivity index (χ1n) is 7.17. The maximum Gasteiger partial charge on any atom is 0.325 e. The summed E-state index contributed by atoms with van der Waals surface area (Å²) in [6.45, 7) is 1.75. The van der Waals surface area contributed by atoms with E-state index in [0.717, 1.165) is 10.6 Å². The number of rotatable bonds is 8. The van der Waals surface area contributed by atoms with Crippen molar-refractivity contribution in [3.05, 3.63) is 36.2 Å². The molecule has 1 aromatic heterocycles. The molecule has 0 spiro atoms. The molecule has 8 nitrogen and oxygen atoms in total. The number of thioether (sulfide) groups is 1. The van der Waals surface area contributed by atoms with E-state index in [1.807, 2.05) is 31.2 Å². The zero-order valence-electron chi connectivity index (χ0n) is 13.3. The Hall–Kier alpha value is -2.55. The van der Waals surface area contributed by atoms with E-state index in [-0.39, 0.29) is 24.2 Å². The van der Waals surface area contributed by atoms with Crippen molar-refractivity contribution in [2.45, 2.75) is 30.2 Å². The molecule has 0 bridgehead atoms. The van der Waals surface area contributed by atoms with Gasteiger partial charge >= 0.3 is 5.97 Å². The highest BCUT2D eigenvalue weighted by Crippen LogP contribution is 2.25. The molecule has 2 N–H and O–H groups in total. The first-order valence-corrected chi connectivity index (χ1v) is 8.05. The van der Waals surface area contributed by atoms with Gasteiger partial charge in [-0.3, -0.25) is 9.59 Å². The fourth-order valence-electron chi connectivity index (χ4n) is 1.87. The number of ether oxygens (including phenoxy) is 1. The molecule has 24 heavy (non-hydrogen) atoms. The average molecular weight is 350 g/mol. The predicted octanol–water partition coefficient (Wildman–Crippen LogP) is 1.17. The zero-order chi connectivity index (χ0) is 17.5. The number of nitrogens with zero attached hydrogens (tertiary/aromatic N) is 3. The van der Waals surface area contributed by atoms with Crippen molar-refractivity contribution in [3.8, 4) is 5.75 Å². The van der Waals surface area contributed by atoms with Crippen LogP contribution < -0.4 is 10.1 Å². The minimum Gasteiger partial charge on any atom is -0.497 e. The highest BCUT2D eigenvalue weighted by Gasteiger charge is 2.15. The molecule has 1 aromatic carbocycles. The quantitative estimate of drug-likeness (QED) is 0.688. The summed E-state index contributed by atoms with van der Waals surface area (Å²) in [4.78, 5) is 23.7. The Bertz CT molecular complexity index is 702. The number of benzene rings is 1. The summed E-state index contributed by atoms with van der Waals surface area (Å²) >= 11 is 1.43. The van der Waals surface area contributed by atoms with Gasteiger partial charge in [-0.15, -0.1) is 16.9 Å². The number of carbonyl (C=O) groups is 2. The van der Waals surface area contributed by atoms with E-state index in [1.54, 1.807) is 7.11 Å². The van der Waals surface area contributed by atoms with Crippen molar-refractivity contribution in [2.24, 2.45) is 0 Å². The van der Waals surface area contributed by atoms with Crippen LogP contribution in [0.25, 0.3) is 0 Å². The first-order chi connectivity index (χ1) is 11.5. The summed E-state index contributed by atoms with van der Waals surface area (Å²) in [5, 5.41) is 18.6. The average Bonchev–Trinajstić information content (AvgIpc) is 3.00. The monoisotopic (exact) mass is 350 g/mol. The summed E-state index contributed by atoms with van der Waals surface area (Å²) in [5.74, 6) is -0.371. The lowest BCUT2D eigenvalue weighted by atomic mass is 10.3. The number of nitrogens with one attached hydrogen (secondary N) is 1. The van der Waals surface area contributed by atoms with Gasteiger partial charge in [0.15, 0.2) is 0 Å². The van der Waals surface area contributed by atoms with Crippen LogP contribution in [0.5, 0.6) is 5.75 Å². The Morgan fingerprint density at radius 3 is 2.71 bits per heavy atom. The number of hydrogen-bond acceptors (Lipinski definition) is 6. The molecule has 1 atom stereocenters. The molecular weight excluding hydrogens is 332 g/mol. The van der Waals surface area contributed by atoms with Crippen LogP contribution in [-0.4, -0.2) is 44.3 Å². The van der Waals surface area contributed by atoms with Crippen LogP contribution in [0.1, 0.15) is 12.6 Å². The Morgan fingerprint density at radius 2 is 2.08 bits per heavy atom. The standard InChI is InChI=1S/C15H18N4O4S/c1-10(24-13-5-3-12(23-2)4-6-13)15(22)16-7-11-8-19(18-17-11)9-14(20)21/h3-6,8,10H,7,9H2,1-2H3,(H,16,22)(H,20,21). The third kappa shape index (κ3) is 5.27. The van der Waals surface area contributed by atoms with Crippen molar-refractivity contribution < 1.29 is 19.4 Å². The van der Waals surface area contributed by atoms with Crippen molar-refractivity contribution >= 4 is 23.6 Å². The molecule has 0 saturated heterocycles. The second-order valence-electron chi connectivity index (χ2n) is 4.95. The molecule has 0 fully saturated rings. The third-order valence-electron chi connectivity index (χ3n) is 3.07. The maximum absolute atomic E-state index is 12.1. The van der Waals surface area contributed by atoms with Gasteiger partial charge in [-0.1, -0.05) is 5.21 Å². The largest absolute Gasteiger partial charge is 0.497 e. The molecule has 1 amide bonds. The molecule has 0 radical (unpaired) electrons. The SMILES string of the molecule is COc1ccc(SC(C)C(=O)NCc2cn(CC(=O)O)nn2)cc1. The lowest BCUT2D eigenvalue weighted by Crippen LogP contribution is -2.30. The molecule has 1 unspecified atom stereocenters. The lowest BCUT2D eigenvalue weighted by Gasteiger charge is -2.11. The Labute approximate surface area is 143 Å². The van der Waals surface area contributed by atoms with Crippen LogP contribution in [0.2, 0.25) is 0 Å². The van der Waals surface area contributed by atoms with Crippen LogP contribution in [0.4, 0.5) is 0 Å². The van der Waals surface area contributed by atoms with E-state index >= 15 is 0 Å². The number of amides is 1. The van der Waals surface area contributed by atoms with Crippen molar-refractivity contribution in [3.63, 3.8) is 0 Å². The number of aliphatic carboxylic acids is 1. The fourth-order valence-corrected chi connectivity index (χ4v) is 2.76. The van der Waals surface area contributed by atoms with Crippen molar-refractivity contribution in [1.82, 2.24) is 20.3 Å². The van der Waals surface area contributed by atoms with Crippen LogP contribution in [0, 0.1) is 0 Å². The summed E-state index contributed by atoms with van der Waals surface area (Å²) in [6.07, 6.45) is 1.50. The molecule has 2 rings (SSSR count). The van der Waals surface area contributed by atoms with E-state index in [1.165, 1.54) is 22.6 Å². The Balaban J connectivity index is 1.82. The number of aromatic nitrogens is 3. The van der Waals surface area contributed by atoms with Gasteiger partial charge in [0.05, 0.1) is 25.1 Å². The third-order valence-corrected chi connectivity index (χ3v) is 4.18. The number of methoxy groups -OCH3 is 1. The molecular formula is C15H18N4O4S. The van der Waals surface area contributed by atoms with E-state index in [9.17, 15) is 9.59 Å². The van der Waals surface area contributed by atoms with Gasteiger partial charge in [0, 0.05) is 4.90 Å².